The van der Waals surface area contributed by atoms with Crippen LogP contribution in [0.4, 0.5) is 0 Å². The fourth-order valence-corrected chi connectivity index (χ4v) is 3.41. The number of carboxylic acids is 1. The summed E-state index contributed by atoms with van der Waals surface area (Å²) in [6, 6.07) is -0.576. The van der Waals surface area contributed by atoms with Crippen molar-refractivity contribution >= 4 is 22.0 Å². The van der Waals surface area contributed by atoms with Gasteiger partial charge in [0.15, 0.2) is 0 Å². The second kappa shape index (κ2) is 6.22. The molecule has 9 nitrogen and oxygen atoms in total. The molecule has 0 unspecified atom stereocenters. The quantitative estimate of drug-likeness (QED) is 0.705. The van der Waals surface area contributed by atoms with Gasteiger partial charge >= 0.3 is 11.9 Å². The molecule has 10 heteroatoms. The molecule has 0 aromatic carbocycles. The van der Waals surface area contributed by atoms with Gasteiger partial charge in [0.25, 0.3) is 10.0 Å². The molecule has 2 N–H and O–H groups in total. The zero-order valence-corrected chi connectivity index (χ0v) is 12.9. The van der Waals surface area contributed by atoms with E-state index in [1.807, 2.05) is 0 Å². The average Bonchev–Trinajstić information content (AvgIpc) is 2.77. The number of hydrogen-bond donors (Lipinski definition) is 2. The number of nitrogens with one attached hydrogen (secondary N) is 1. The van der Waals surface area contributed by atoms with Crippen LogP contribution < -0.4 is 0 Å². The van der Waals surface area contributed by atoms with Crippen LogP contribution in [0.5, 0.6) is 0 Å². The summed E-state index contributed by atoms with van der Waals surface area (Å²) in [5, 5.41) is 14.4. The zero-order valence-electron chi connectivity index (χ0n) is 12.1. The summed E-state index contributed by atoms with van der Waals surface area (Å²) in [6.45, 7) is 3.98. The van der Waals surface area contributed by atoms with E-state index >= 15 is 0 Å². The number of aryl methyl sites for hydroxylation is 1. The molecule has 21 heavy (non-hydrogen) atoms. The Morgan fingerprint density at radius 2 is 2.00 bits per heavy atom. The molecule has 0 amide bonds. The van der Waals surface area contributed by atoms with Crippen molar-refractivity contribution in [3.8, 4) is 0 Å². The molecular formula is C11H17N3O6S. The number of ether oxygens (including phenoxy) is 1. The molecule has 118 valence electrons. The second-order valence-corrected chi connectivity index (χ2v) is 6.36. The number of carboxylic acid groups (broad SMARTS) is 1. The molecule has 0 spiro atoms. The van der Waals surface area contributed by atoms with Crippen LogP contribution in [0, 0.1) is 6.92 Å². The number of carbonyl (C=O) groups is 2. The molecule has 1 heterocycles. The lowest BCUT2D eigenvalue weighted by molar-refractivity contribution is -0.141. The van der Waals surface area contributed by atoms with E-state index < -0.39 is 45.1 Å². The summed E-state index contributed by atoms with van der Waals surface area (Å²) in [6.07, 6.45) is 0. The van der Waals surface area contributed by atoms with Gasteiger partial charge < -0.3 is 9.84 Å². The van der Waals surface area contributed by atoms with Crippen LogP contribution >= 0.6 is 0 Å². The van der Waals surface area contributed by atoms with Crippen LogP contribution in [0.1, 0.15) is 29.9 Å². The summed E-state index contributed by atoms with van der Waals surface area (Å²) >= 11 is 0. The summed E-state index contributed by atoms with van der Waals surface area (Å²) in [5.74, 6) is -2.17. The highest BCUT2D eigenvalue weighted by Gasteiger charge is 2.36. The number of aromatic carboxylic acids is 1. The van der Waals surface area contributed by atoms with Gasteiger partial charge in [-0.15, -0.1) is 0 Å². The molecule has 0 radical (unpaired) electrons. The molecule has 0 saturated carbocycles. The van der Waals surface area contributed by atoms with E-state index in [1.54, 1.807) is 13.8 Å². The number of nitrogens with zero attached hydrogens (tertiary/aromatic N) is 2. The van der Waals surface area contributed by atoms with Crippen molar-refractivity contribution in [1.82, 2.24) is 14.5 Å². The monoisotopic (exact) mass is 319 g/mol. The van der Waals surface area contributed by atoms with Crippen LogP contribution in [0.3, 0.4) is 0 Å². The number of esters is 1. The minimum Gasteiger partial charge on any atom is -0.478 e. The maximum Gasteiger partial charge on any atom is 0.340 e. The minimum atomic E-state index is -4.25. The first kappa shape index (κ1) is 17.1. The summed E-state index contributed by atoms with van der Waals surface area (Å²) in [7, 11) is -3.12. The van der Waals surface area contributed by atoms with E-state index in [0.29, 0.717) is 0 Å². The largest absolute Gasteiger partial charge is 0.478 e. The molecule has 0 saturated heterocycles. The summed E-state index contributed by atoms with van der Waals surface area (Å²) in [4.78, 5) is 22.5. The number of hydrogen-bond acceptors (Lipinski definition) is 6. The number of carbonyl (C=O) groups excluding carboxylic acids is 1. The standard InChI is InChI=1S/C11H17N3O6S/c1-6(2)14(5-8(15)20-4)21(18,19)10-9(11(16)17)7(3)12-13-10/h6H,5H2,1-4H3,(H,12,13)(H,16,17). The van der Waals surface area contributed by atoms with Crippen molar-refractivity contribution in [2.45, 2.75) is 31.8 Å². The van der Waals surface area contributed by atoms with Crippen LogP contribution in [-0.4, -0.2) is 59.7 Å². The fraction of sp³-hybridized carbons (Fsp3) is 0.545. The topological polar surface area (TPSA) is 130 Å². The highest BCUT2D eigenvalue weighted by Crippen LogP contribution is 2.22. The van der Waals surface area contributed by atoms with E-state index in [9.17, 15) is 18.0 Å². The van der Waals surface area contributed by atoms with Crippen molar-refractivity contribution in [1.29, 1.82) is 0 Å². The molecule has 0 aliphatic rings. The Labute approximate surface area is 121 Å². The van der Waals surface area contributed by atoms with Crippen molar-refractivity contribution in [3.63, 3.8) is 0 Å². The van der Waals surface area contributed by atoms with Gasteiger partial charge in [-0.3, -0.25) is 9.89 Å². The zero-order chi connectivity index (χ0) is 16.4. The molecule has 0 aliphatic carbocycles. The Morgan fingerprint density at radius 1 is 1.43 bits per heavy atom. The van der Waals surface area contributed by atoms with Gasteiger partial charge in [-0.1, -0.05) is 0 Å². The van der Waals surface area contributed by atoms with E-state index in [2.05, 4.69) is 14.9 Å². The lowest BCUT2D eigenvalue weighted by atomic mass is 10.3. The van der Waals surface area contributed by atoms with Gasteiger partial charge in [0.05, 0.1) is 7.11 Å². The van der Waals surface area contributed by atoms with Gasteiger partial charge in [0.2, 0.25) is 5.03 Å². The van der Waals surface area contributed by atoms with Gasteiger partial charge in [0.1, 0.15) is 12.1 Å². The lowest BCUT2D eigenvalue weighted by Gasteiger charge is -2.23. The Morgan fingerprint density at radius 3 is 2.43 bits per heavy atom. The van der Waals surface area contributed by atoms with Crippen molar-refractivity contribution in [2.75, 3.05) is 13.7 Å². The minimum absolute atomic E-state index is 0.114. The number of sulfonamides is 1. The number of H-pyrrole nitrogens is 1. The van der Waals surface area contributed by atoms with Gasteiger partial charge in [-0.25, -0.2) is 13.2 Å². The predicted octanol–water partition coefficient (Wildman–Crippen LogP) is -0.0116. The smallest absolute Gasteiger partial charge is 0.340 e. The molecule has 0 atom stereocenters. The number of aromatic amines is 1. The van der Waals surface area contributed by atoms with E-state index in [1.165, 1.54) is 6.92 Å². The van der Waals surface area contributed by atoms with Crippen molar-refractivity contribution in [2.24, 2.45) is 0 Å². The molecule has 1 aromatic heterocycles. The van der Waals surface area contributed by atoms with E-state index in [4.69, 9.17) is 5.11 Å². The first-order chi connectivity index (χ1) is 9.62. The van der Waals surface area contributed by atoms with Crippen LogP contribution in [-0.2, 0) is 19.6 Å². The maximum absolute atomic E-state index is 12.5. The first-order valence-electron chi connectivity index (χ1n) is 5.99. The summed E-state index contributed by atoms with van der Waals surface area (Å²) < 4.78 is 30.4. The van der Waals surface area contributed by atoms with Gasteiger partial charge in [-0.05, 0) is 20.8 Å². The highest BCUT2D eigenvalue weighted by atomic mass is 32.2. The maximum atomic E-state index is 12.5. The van der Waals surface area contributed by atoms with Gasteiger partial charge in [-0.2, -0.15) is 9.40 Å². The highest BCUT2D eigenvalue weighted by molar-refractivity contribution is 7.89. The third-order valence-electron chi connectivity index (χ3n) is 2.77. The fourth-order valence-electron chi connectivity index (χ4n) is 1.69. The van der Waals surface area contributed by atoms with Crippen molar-refractivity contribution < 1.29 is 27.9 Å². The van der Waals surface area contributed by atoms with E-state index in [-0.39, 0.29) is 5.69 Å². The Balaban J connectivity index is 3.37. The molecular weight excluding hydrogens is 302 g/mol. The normalized spacial score (nSPS) is 11.9. The molecule has 1 rings (SSSR count). The number of rotatable bonds is 6. The molecule has 0 fully saturated rings. The van der Waals surface area contributed by atoms with Crippen molar-refractivity contribution in [3.05, 3.63) is 11.3 Å². The van der Waals surface area contributed by atoms with Gasteiger partial charge in [0, 0.05) is 11.7 Å². The second-order valence-electron chi connectivity index (χ2n) is 4.55. The third-order valence-corrected chi connectivity index (χ3v) is 4.72. The Kier molecular flexibility index (Phi) is 5.07. The first-order valence-corrected chi connectivity index (χ1v) is 7.43. The van der Waals surface area contributed by atoms with Crippen LogP contribution in [0.25, 0.3) is 0 Å². The lowest BCUT2D eigenvalue weighted by Crippen LogP contribution is -2.41. The SMILES string of the molecule is COC(=O)CN(C(C)C)S(=O)(=O)c1n[nH]c(C)c1C(=O)O. The Hall–Kier alpha value is -1.94. The summed E-state index contributed by atoms with van der Waals surface area (Å²) in [5.41, 5.74) is -0.326. The van der Waals surface area contributed by atoms with E-state index in [0.717, 1.165) is 11.4 Å². The molecule has 0 aliphatic heterocycles. The number of methoxy groups -OCH3 is 1. The average molecular weight is 319 g/mol. The molecule has 0 bridgehead atoms. The third kappa shape index (κ3) is 3.39. The number of aromatic nitrogens is 2. The van der Waals surface area contributed by atoms with Crippen LogP contribution in [0.2, 0.25) is 0 Å². The predicted molar refractivity (Wildman–Crippen MR) is 71.3 cm³/mol. The molecule has 1 aromatic rings. The Bertz CT molecular complexity index is 649. The van der Waals surface area contributed by atoms with Crippen LogP contribution in [0.15, 0.2) is 5.03 Å².